The van der Waals surface area contributed by atoms with Crippen molar-refractivity contribution in [3.05, 3.63) is 54.1 Å². The molecule has 0 saturated carbocycles. The van der Waals surface area contributed by atoms with Crippen molar-refractivity contribution < 1.29 is 23.1 Å². The molecule has 0 aliphatic rings. The average Bonchev–Trinajstić information content (AvgIpc) is 2.61. The van der Waals surface area contributed by atoms with Crippen molar-refractivity contribution in [1.29, 1.82) is 0 Å². The van der Waals surface area contributed by atoms with Gasteiger partial charge in [-0.3, -0.25) is 4.79 Å². The zero-order valence-electron chi connectivity index (χ0n) is 13.3. The summed E-state index contributed by atoms with van der Waals surface area (Å²) in [5.41, 5.74) is 1.11. The molecule has 25 heavy (non-hydrogen) atoms. The molecule has 0 fully saturated rings. The van der Waals surface area contributed by atoms with Gasteiger partial charge in [-0.25, -0.2) is 4.79 Å². The Bertz CT molecular complexity index is 756. The minimum Gasteiger partial charge on any atom is -0.452 e. The second-order valence-corrected chi connectivity index (χ2v) is 5.83. The second-order valence-electron chi connectivity index (χ2n) is 4.79. The molecule has 0 radical (unpaired) electrons. The highest BCUT2D eigenvalue weighted by molar-refractivity contribution is 7.99. The number of ether oxygens (including phenoxy) is 1. The molecule has 0 aliphatic carbocycles. The summed E-state index contributed by atoms with van der Waals surface area (Å²) in [5, 5.41) is 5.32. The quantitative estimate of drug-likeness (QED) is 0.576. The summed E-state index contributed by atoms with van der Waals surface area (Å²) >= 11 is 0.329. The Morgan fingerprint density at radius 3 is 2.40 bits per heavy atom. The fourth-order valence-corrected chi connectivity index (χ4v) is 2.64. The summed E-state index contributed by atoms with van der Waals surface area (Å²) in [6, 6.07) is 12.9. The van der Waals surface area contributed by atoms with Gasteiger partial charge in [0.2, 0.25) is 0 Å². The Morgan fingerprint density at radius 1 is 1.08 bits per heavy atom. The standard InChI is InChI=1S/C17H16F2N2O3S/c1-20-12-7-3-2-6-11(12)16(23)24-10-15(22)21-13-8-4-5-9-14(13)25-17(18)19/h2-9,17,20H,10H2,1H3,(H,21,22). The van der Waals surface area contributed by atoms with Crippen LogP contribution in [0.5, 0.6) is 0 Å². The number of hydrogen-bond acceptors (Lipinski definition) is 5. The molecular formula is C17H16F2N2O3S. The number of benzene rings is 2. The first-order valence-electron chi connectivity index (χ1n) is 7.29. The molecule has 0 heterocycles. The van der Waals surface area contributed by atoms with E-state index >= 15 is 0 Å². The number of para-hydroxylation sites is 2. The van der Waals surface area contributed by atoms with E-state index in [1.807, 2.05) is 0 Å². The van der Waals surface area contributed by atoms with Crippen molar-refractivity contribution in [2.24, 2.45) is 0 Å². The van der Waals surface area contributed by atoms with E-state index in [1.54, 1.807) is 43.4 Å². The lowest BCUT2D eigenvalue weighted by molar-refractivity contribution is -0.119. The first-order chi connectivity index (χ1) is 12.0. The number of thioether (sulfide) groups is 1. The maximum Gasteiger partial charge on any atom is 0.340 e. The summed E-state index contributed by atoms with van der Waals surface area (Å²) in [6.45, 7) is -0.523. The van der Waals surface area contributed by atoms with Crippen LogP contribution in [0.15, 0.2) is 53.4 Å². The number of rotatable bonds is 7. The minimum atomic E-state index is -2.60. The molecule has 0 spiro atoms. The minimum absolute atomic E-state index is 0.234. The number of nitrogens with one attached hydrogen (secondary N) is 2. The topological polar surface area (TPSA) is 67.4 Å². The Labute approximate surface area is 147 Å². The fraction of sp³-hybridized carbons (Fsp3) is 0.176. The molecular weight excluding hydrogens is 350 g/mol. The van der Waals surface area contributed by atoms with E-state index in [9.17, 15) is 18.4 Å². The molecule has 132 valence electrons. The third-order valence-corrected chi connectivity index (χ3v) is 3.92. The van der Waals surface area contributed by atoms with Gasteiger partial charge in [-0.1, -0.05) is 36.0 Å². The molecule has 5 nitrogen and oxygen atoms in total. The molecule has 0 aliphatic heterocycles. The van der Waals surface area contributed by atoms with Crippen LogP contribution in [-0.2, 0) is 9.53 Å². The summed E-state index contributed by atoms with van der Waals surface area (Å²) in [5.74, 6) is -3.87. The third kappa shape index (κ3) is 5.46. The van der Waals surface area contributed by atoms with Crippen molar-refractivity contribution in [1.82, 2.24) is 0 Å². The van der Waals surface area contributed by atoms with Crippen LogP contribution >= 0.6 is 11.8 Å². The largest absolute Gasteiger partial charge is 0.452 e. The molecule has 1 amide bonds. The molecule has 2 aromatic carbocycles. The summed E-state index contributed by atoms with van der Waals surface area (Å²) < 4.78 is 30.0. The van der Waals surface area contributed by atoms with Gasteiger partial charge in [-0.2, -0.15) is 8.78 Å². The van der Waals surface area contributed by atoms with Gasteiger partial charge in [0.1, 0.15) is 0 Å². The van der Waals surface area contributed by atoms with Crippen molar-refractivity contribution in [2.45, 2.75) is 10.7 Å². The van der Waals surface area contributed by atoms with Crippen LogP contribution in [0, 0.1) is 0 Å². The Hall–Kier alpha value is -2.61. The highest BCUT2D eigenvalue weighted by atomic mass is 32.2. The molecule has 0 aromatic heterocycles. The van der Waals surface area contributed by atoms with Gasteiger partial charge in [0.05, 0.1) is 11.3 Å². The van der Waals surface area contributed by atoms with Crippen LogP contribution in [0.25, 0.3) is 0 Å². The lowest BCUT2D eigenvalue weighted by Gasteiger charge is -2.11. The van der Waals surface area contributed by atoms with Crippen LogP contribution in [0.4, 0.5) is 20.2 Å². The highest BCUT2D eigenvalue weighted by Crippen LogP contribution is 2.31. The maximum atomic E-state index is 12.5. The van der Waals surface area contributed by atoms with E-state index in [0.717, 1.165) is 0 Å². The predicted molar refractivity (Wildman–Crippen MR) is 93.2 cm³/mol. The SMILES string of the molecule is CNc1ccccc1C(=O)OCC(=O)Nc1ccccc1SC(F)F. The number of esters is 1. The number of carbonyl (C=O) groups excluding carboxylic acids is 2. The van der Waals surface area contributed by atoms with Crippen LogP contribution in [-0.4, -0.2) is 31.3 Å². The number of halogens is 2. The van der Waals surface area contributed by atoms with Gasteiger partial charge in [-0.05, 0) is 24.3 Å². The number of amides is 1. The molecule has 8 heteroatoms. The molecule has 0 bridgehead atoms. The van der Waals surface area contributed by atoms with E-state index in [4.69, 9.17) is 4.74 Å². The number of carbonyl (C=O) groups is 2. The van der Waals surface area contributed by atoms with Crippen molar-refractivity contribution in [3.8, 4) is 0 Å². The summed E-state index contributed by atoms with van der Waals surface area (Å²) in [7, 11) is 1.66. The zero-order valence-corrected chi connectivity index (χ0v) is 14.1. The first kappa shape index (κ1) is 18.7. The molecule has 0 unspecified atom stereocenters. The number of alkyl halides is 2. The fourth-order valence-electron chi connectivity index (χ4n) is 2.04. The van der Waals surface area contributed by atoms with E-state index in [2.05, 4.69) is 10.6 Å². The Morgan fingerprint density at radius 2 is 1.72 bits per heavy atom. The lowest BCUT2D eigenvalue weighted by atomic mass is 10.2. The van der Waals surface area contributed by atoms with E-state index < -0.39 is 24.2 Å². The Balaban J connectivity index is 1.96. The molecule has 0 saturated heterocycles. The smallest absolute Gasteiger partial charge is 0.340 e. The van der Waals surface area contributed by atoms with Gasteiger partial charge in [0.25, 0.3) is 11.7 Å². The maximum absolute atomic E-state index is 12.5. The van der Waals surface area contributed by atoms with Crippen molar-refractivity contribution in [3.63, 3.8) is 0 Å². The van der Waals surface area contributed by atoms with E-state index in [-0.39, 0.29) is 10.6 Å². The zero-order chi connectivity index (χ0) is 18.2. The summed E-state index contributed by atoms with van der Waals surface area (Å²) in [6.07, 6.45) is 0. The molecule has 2 aromatic rings. The van der Waals surface area contributed by atoms with Crippen molar-refractivity contribution >= 4 is 35.0 Å². The number of hydrogen-bond donors (Lipinski definition) is 2. The van der Waals surface area contributed by atoms with Gasteiger partial charge >= 0.3 is 5.97 Å². The first-order valence-corrected chi connectivity index (χ1v) is 8.17. The van der Waals surface area contributed by atoms with E-state index in [1.165, 1.54) is 12.1 Å². The molecule has 2 N–H and O–H groups in total. The summed E-state index contributed by atoms with van der Waals surface area (Å²) in [4.78, 5) is 24.2. The van der Waals surface area contributed by atoms with Gasteiger partial charge < -0.3 is 15.4 Å². The normalized spacial score (nSPS) is 10.4. The highest BCUT2D eigenvalue weighted by Gasteiger charge is 2.15. The monoisotopic (exact) mass is 366 g/mol. The average molecular weight is 366 g/mol. The third-order valence-electron chi connectivity index (χ3n) is 3.13. The predicted octanol–water partition coefficient (Wildman–Crippen LogP) is 3.84. The van der Waals surface area contributed by atoms with Gasteiger partial charge in [0.15, 0.2) is 6.61 Å². The second kappa shape index (κ2) is 9.03. The van der Waals surface area contributed by atoms with Gasteiger partial charge in [-0.15, -0.1) is 0 Å². The molecule has 0 atom stereocenters. The molecule has 2 rings (SSSR count). The Kier molecular flexibility index (Phi) is 6.76. The van der Waals surface area contributed by atoms with Crippen LogP contribution in [0.1, 0.15) is 10.4 Å². The van der Waals surface area contributed by atoms with Crippen LogP contribution in [0.3, 0.4) is 0 Å². The van der Waals surface area contributed by atoms with Gasteiger partial charge in [0, 0.05) is 17.6 Å². The van der Waals surface area contributed by atoms with Crippen LogP contribution < -0.4 is 10.6 Å². The lowest BCUT2D eigenvalue weighted by Crippen LogP contribution is -2.21. The van der Waals surface area contributed by atoms with Crippen molar-refractivity contribution in [2.75, 3.05) is 24.3 Å². The number of anilines is 2. The van der Waals surface area contributed by atoms with E-state index in [0.29, 0.717) is 23.0 Å². The van der Waals surface area contributed by atoms with Crippen LogP contribution in [0.2, 0.25) is 0 Å².